The van der Waals surface area contributed by atoms with Crippen molar-refractivity contribution < 1.29 is 32.5 Å². The Kier molecular flexibility index (Phi) is 3.06. The van der Waals surface area contributed by atoms with E-state index < -0.39 is 29.0 Å². The molecule has 0 saturated carbocycles. The quantitative estimate of drug-likeness (QED) is 0.845. The summed E-state index contributed by atoms with van der Waals surface area (Å²) in [4.78, 5) is 10.8. The van der Waals surface area contributed by atoms with Crippen LogP contribution in [0.2, 0.25) is 0 Å². The van der Waals surface area contributed by atoms with Gasteiger partial charge in [-0.05, 0) is 12.1 Å². The summed E-state index contributed by atoms with van der Waals surface area (Å²) in [6.45, 7) is 0.288. The van der Waals surface area contributed by atoms with E-state index in [1.807, 2.05) is 0 Å². The van der Waals surface area contributed by atoms with Crippen LogP contribution in [0.1, 0.15) is 22.3 Å². The molecule has 1 aromatic carbocycles. The Morgan fingerprint density at radius 2 is 1.89 bits per heavy atom. The number of aromatic carboxylic acids is 1. The molecule has 0 amide bonds. The second kappa shape index (κ2) is 4.40. The third kappa shape index (κ3) is 2.20. The van der Waals surface area contributed by atoms with E-state index in [9.17, 15) is 18.0 Å². The smallest absolute Gasteiger partial charge is 0.420 e. The summed E-state index contributed by atoms with van der Waals surface area (Å²) in [7, 11) is 0. The lowest BCUT2D eigenvalue weighted by Crippen LogP contribution is -2.15. The van der Waals surface area contributed by atoms with Crippen LogP contribution in [0.25, 0.3) is 0 Å². The van der Waals surface area contributed by atoms with E-state index in [1.54, 1.807) is 0 Å². The molecule has 18 heavy (non-hydrogen) atoms. The minimum Gasteiger partial charge on any atom is -0.490 e. The van der Waals surface area contributed by atoms with E-state index in [0.717, 1.165) is 6.07 Å². The second-order valence-corrected chi connectivity index (χ2v) is 3.67. The number of rotatable bonds is 1. The first kappa shape index (κ1) is 12.5. The number of hydrogen-bond acceptors (Lipinski definition) is 3. The van der Waals surface area contributed by atoms with E-state index in [-0.39, 0.29) is 19.0 Å². The average molecular weight is 262 g/mol. The normalized spacial score (nSPS) is 15.1. The van der Waals surface area contributed by atoms with Crippen LogP contribution in [0.15, 0.2) is 12.1 Å². The van der Waals surface area contributed by atoms with Crippen molar-refractivity contribution in [3.05, 3.63) is 23.3 Å². The van der Waals surface area contributed by atoms with Crippen molar-refractivity contribution in [2.45, 2.75) is 12.6 Å². The lowest BCUT2D eigenvalue weighted by molar-refractivity contribution is -0.139. The predicted octanol–water partition coefficient (Wildman–Crippen LogP) is 2.56. The molecule has 0 bridgehead atoms. The highest BCUT2D eigenvalue weighted by molar-refractivity contribution is 5.91. The molecule has 0 aromatic heterocycles. The molecule has 0 unspecified atom stereocenters. The van der Waals surface area contributed by atoms with Gasteiger partial charge in [-0.3, -0.25) is 0 Å². The lowest BCUT2D eigenvalue weighted by atomic mass is 10.1. The number of carboxylic acids is 1. The predicted molar refractivity (Wildman–Crippen MR) is 54.0 cm³/mol. The summed E-state index contributed by atoms with van der Waals surface area (Å²) < 4.78 is 48.9. The van der Waals surface area contributed by atoms with Gasteiger partial charge in [-0.2, -0.15) is 13.2 Å². The van der Waals surface area contributed by atoms with E-state index in [0.29, 0.717) is 6.42 Å². The molecule has 1 aromatic rings. The number of benzene rings is 1. The monoisotopic (exact) mass is 262 g/mol. The minimum atomic E-state index is -4.81. The van der Waals surface area contributed by atoms with Crippen molar-refractivity contribution in [3.8, 4) is 11.5 Å². The summed E-state index contributed by atoms with van der Waals surface area (Å²) >= 11 is 0. The fourth-order valence-corrected chi connectivity index (χ4v) is 1.70. The largest absolute Gasteiger partial charge is 0.490 e. The molecular formula is C11H9F3O4. The summed E-state index contributed by atoms with van der Waals surface area (Å²) in [6.07, 6.45) is -4.37. The van der Waals surface area contributed by atoms with Gasteiger partial charge in [0.1, 0.15) is 5.56 Å². The number of alkyl halides is 3. The highest BCUT2D eigenvalue weighted by atomic mass is 19.4. The zero-order valence-corrected chi connectivity index (χ0v) is 9.08. The molecule has 0 radical (unpaired) electrons. The fourth-order valence-electron chi connectivity index (χ4n) is 1.70. The van der Waals surface area contributed by atoms with Crippen molar-refractivity contribution in [2.75, 3.05) is 13.2 Å². The van der Waals surface area contributed by atoms with Crippen LogP contribution in [0, 0.1) is 0 Å². The van der Waals surface area contributed by atoms with Gasteiger partial charge in [-0.25, -0.2) is 4.79 Å². The maximum absolute atomic E-state index is 12.9. The van der Waals surface area contributed by atoms with E-state index >= 15 is 0 Å². The number of halogens is 3. The van der Waals surface area contributed by atoms with Gasteiger partial charge < -0.3 is 14.6 Å². The third-order valence-corrected chi connectivity index (χ3v) is 2.43. The Hall–Kier alpha value is -1.92. The molecule has 1 aliphatic rings. The Morgan fingerprint density at radius 3 is 2.50 bits per heavy atom. The Labute approximate surface area is 99.9 Å². The minimum absolute atomic E-state index is 0.0547. The molecule has 98 valence electrons. The van der Waals surface area contributed by atoms with Crippen molar-refractivity contribution >= 4 is 5.97 Å². The molecule has 7 heteroatoms. The first-order chi connectivity index (χ1) is 8.41. The van der Waals surface area contributed by atoms with Crippen LogP contribution >= 0.6 is 0 Å². The molecule has 2 rings (SSSR count). The van der Waals surface area contributed by atoms with Crippen LogP contribution in [-0.2, 0) is 6.18 Å². The summed E-state index contributed by atoms with van der Waals surface area (Å²) in [5.41, 5.74) is -2.14. The van der Waals surface area contributed by atoms with Crippen LogP contribution in [0.3, 0.4) is 0 Å². The van der Waals surface area contributed by atoms with Crippen LogP contribution in [0.4, 0.5) is 13.2 Å². The van der Waals surface area contributed by atoms with E-state index in [4.69, 9.17) is 14.6 Å². The van der Waals surface area contributed by atoms with E-state index in [2.05, 4.69) is 0 Å². The Bertz CT molecular complexity index is 482. The van der Waals surface area contributed by atoms with E-state index in [1.165, 1.54) is 6.07 Å². The summed E-state index contributed by atoms with van der Waals surface area (Å²) in [5, 5.41) is 8.80. The van der Waals surface area contributed by atoms with Gasteiger partial charge in [0.15, 0.2) is 11.5 Å². The first-order valence-corrected chi connectivity index (χ1v) is 5.14. The van der Waals surface area contributed by atoms with Crippen molar-refractivity contribution in [1.29, 1.82) is 0 Å². The van der Waals surface area contributed by atoms with Crippen molar-refractivity contribution in [2.24, 2.45) is 0 Å². The van der Waals surface area contributed by atoms with Gasteiger partial charge >= 0.3 is 12.1 Å². The summed E-state index contributed by atoms with van der Waals surface area (Å²) in [6, 6.07) is 2.05. The van der Waals surface area contributed by atoms with Crippen molar-refractivity contribution in [1.82, 2.24) is 0 Å². The number of hydrogen-bond donors (Lipinski definition) is 1. The second-order valence-electron chi connectivity index (χ2n) is 3.67. The van der Waals surface area contributed by atoms with Gasteiger partial charge in [0, 0.05) is 6.42 Å². The molecule has 0 spiro atoms. The SMILES string of the molecule is O=C(O)c1ccc2c(c1C(F)(F)F)OCCCO2. The highest BCUT2D eigenvalue weighted by Crippen LogP contribution is 2.44. The maximum atomic E-state index is 12.9. The fraction of sp³-hybridized carbons (Fsp3) is 0.364. The highest BCUT2D eigenvalue weighted by Gasteiger charge is 2.41. The Morgan fingerprint density at radius 1 is 1.22 bits per heavy atom. The molecule has 0 saturated heterocycles. The van der Waals surface area contributed by atoms with Gasteiger partial charge in [-0.1, -0.05) is 0 Å². The van der Waals surface area contributed by atoms with Gasteiger partial charge in [0.05, 0.1) is 18.8 Å². The average Bonchev–Trinajstić information content (AvgIpc) is 2.50. The summed E-state index contributed by atoms with van der Waals surface area (Å²) in [5.74, 6) is -2.28. The molecule has 1 heterocycles. The molecular weight excluding hydrogens is 253 g/mol. The van der Waals surface area contributed by atoms with Crippen LogP contribution < -0.4 is 9.47 Å². The van der Waals surface area contributed by atoms with Gasteiger partial charge in [-0.15, -0.1) is 0 Å². The maximum Gasteiger partial charge on any atom is 0.420 e. The first-order valence-electron chi connectivity index (χ1n) is 5.14. The zero-order valence-electron chi connectivity index (χ0n) is 9.08. The molecule has 1 N–H and O–H groups in total. The molecule has 4 nitrogen and oxygen atoms in total. The molecule has 0 atom stereocenters. The van der Waals surface area contributed by atoms with Gasteiger partial charge in [0.25, 0.3) is 0 Å². The van der Waals surface area contributed by atoms with Crippen LogP contribution in [-0.4, -0.2) is 24.3 Å². The molecule has 0 aliphatic carbocycles. The van der Waals surface area contributed by atoms with Crippen molar-refractivity contribution in [3.63, 3.8) is 0 Å². The lowest BCUT2D eigenvalue weighted by Gasteiger charge is -2.16. The topological polar surface area (TPSA) is 55.8 Å². The molecule has 1 aliphatic heterocycles. The third-order valence-electron chi connectivity index (χ3n) is 2.43. The Balaban J connectivity index is 2.67. The number of fused-ring (bicyclic) bond motifs is 1. The number of carboxylic acid groups (broad SMARTS) is 1. The van der Waals surface area contributed by atoms with Crippen LogP contribution in [0.5, 0.6) is 11.5 Å². The number of ether oxygens (including phenoxy) is 2. The van der Waals surface area contributed by atoms with Gasteiger partial charge in [0.2, 0.25) is 0 Å². The number of carbonyl (C=O) groups is 1. The zero-order chi connectivity index (χ0) is 13.3. The standard InChI is InChI=1S/C11H9F3O4/c12-11(13,14)8-6(10(15)16)2-3-7-9(8)18-5-1-4-17-7/h2-3H,1,4-5H2,(H,15,16). The molecule has 0 fully saturated rings.